The van der Waals surface area contributed by atoms with Crippen molar-refractivity contribution >= 4 is 34.3 Å². The van der Waals surface area contributed by atoms with Crippen molar-refractivity contribution in [1.82, 2.24) is 15.0 Å². The van der Waals surface area contributed by atoms with E-state index in [0.717, 1.165) is 22.6 Å². The van der Waals surface area contributed by atoms with Crippen molar-refractivity contribution in [3.63, 3.8) is 0 Å². The van der Waals surface area contributed by atoms with Gasteiger partial charge in [-0.1, -0.05) is 13.0 Å². The molecule has 0 radical (unpaired) electrons. The summed E-state index contributed by atoms with van der Waals surface area (Å²) in [6.45, 7) is 3.69. The molecule has 0 bridgehead atoms. The summed E-state index contributed by atoms with van der Waals surface area (Å²) < 4.78 is 5.79. The number of hydrogen-bond donors (Lipinski definition) is 2. The highest BCUT2D eigenvalue weighted by Gasteiger charge is 2.10. The number of nitrogens with one attached hydrogen (secondary N) is 2. The van der Waals surface area contributed by atoms with Gasteiger partial charge in [-0.05, 0) is 49.4 Å². The van der Waals surface area contributed by atoms with Gasteiger partial charge in [-0.2, -0.15) is 4.98 Å². The summed E-state index contributed by atoms with van der Waals surface area (Å²) in [5.41, 5.74) is 4.60. The second-order valence-corrected chi connectivity index (χ2v) is 6.28. The van der Waals surface area contributed by atoms with Crippen LogP contribution in [0.15, 0.2) is 59.1 Å². The van der Waals surface area contributed by atoms with Gasteiger partial charge in [0.05, 0.1) is 11.4 Å². The largest absolute Gasteiger partial charge is 0.434 e. The van der Waals surface area contributed by atoms with Crippen molar-refractivity contribution in [3.8, 4) is 11.5 Å². The molecule has 0 aliphatic carbocycles. The van der Waals surface area contributed by atoms with Crippen molar-refractivity contribution in [2.24, 2.45) is 0 Å². The zero-order chi connectivity index (χ0) is 19.5. The molecule has 3 aromatic heterocycles. The molecule has 0 fully saturated rings. The predicted octanol–water partition coefficient (Wildman–Crippen LogP) is 4.69. The lowest BCUT2D eigenvalue weighted by molar-refractivity contribution is -0.115. The standard InChI is InChI=1S/C21H19N5O2/c1-3-19(27)25-18-10-9-16(13(2)23-18)24-15-7-4-6-14(12-15)21-26-20-17(28-21)8-5-11-22-20/h4-12,24H,3H2,1-2H3,(H,23,25,27). The predicted molar refractivity (Wildman–Crippen MR) is 108 cm³/mol. The number of carbonyl (C=O) groups is 1. The van der Waals surface area contributed by atoms with Gasteiger partial charge in [0.25, 0.3) is 0 Å². The van der Waals surface area contributed by atoms with Crippen LogP contribution in [-0.4, -0.2) is 20.9 Å². The Morgan fingerprint density at radius 2 is 2.00 bits per heavy atom. The molecule has 7 heteroatoms. The number of carbonyl (C=O) groups excluding carboxylic acids is 1. The maximum absolute atomic E-state index is 11.5. The molecule has 0 saturated carbocycles. The molecule has 2 N–H and O–H groups in total. The Morgan fingerprint density at radius 3 is 2.79 bits per heavy atom. The molecule has 0 atom stereocenters. The van der Waals surface area contributed by atoms with Crippen LogP contribution in [0.1, 0.15) is 19.0 Å². The van der Waals surface area contributed by atoms with Crippen LogP contribution in [0.5, 0.6) is 0 Å². The number of fused-ring (bicyclic) bond motifs is 1. The number of amides is 1. The van der Waals surface area contributed by atoms with Gasteiger partial charge in [0.2, 0.25) is 11.8 Å². The second kappa shape index (κ2) is 7.48. The van der Waals surface area contributed by atoms with Crippen LogP contribution < -0.4 is 10.6 Å². The molecular weight excluding hydrogens is 354 g/mol. The molecule has 7 nitrogen and oxygen atoms in total. The second-order valence-electron chi connectivity index (χ2n) is 6.28. The molecule has 28 heavy (non-hydrogen) atoms. The molecule has 0 aliphatic rings. The van der Waals surface area contributed by atoms with E-state index in [2.05, 4.69) is 25.6 Å². The third kappa shape index (κ3) is 3.68. The van der Waals surface area contributed by atoms with E-state index in [1.54, 1.807) is 19.2 Å². The Balaban J connectivity index is 1.57. The molecule has 0 saturated heterocycles. The van der Waals surface area contributed by atoms with Crippen LogP contribution >= 0.6 is 0 Å². The molecule has 3 heterocycles. The van der Waals surface area contributed by atoms with E-state index in [1.807, 2.05) is 49.4 Å². The van der Waals surface area contributed by atoms with Crippen molar-refractivity contribution in [2.45, 2.75) is 20.3 Å². The van der Waals surface area contributed by atoms with Gasteiger partial charge in [0.1, 0.15) is 5.82 Å². The minimum absolute atomic E-state index is 0.0619. The van der Waals surface area contributed by atoms with Crippen molar-refractivity contribution in [3.05, 3.63) is 60.4 Å². The number of benzene rings is 1. The normalized spacial score (nSPS) is 10.8. The van der Waals surface area contributed by atoms with Crippen LogP contribution in [0.3, 0.4) is 0 Å². The molecule has 1 aromatic carbocycles. The van der Waals surface area contributed by atoms with Gasteiger partial charge in [-0.3, -0.25) is 4.79 Å². The highest BCUT2D eigenvalue weighted by molar-refractivity contribution is 5.89. The van der Waals surface area contributed by atoms with Gasteiger partial charge in [-0.15, -0.1) is 0 Å². The van der Waals surface area contributed by atoms with Crippen LogP contribution in [-0.2, 0) is 4.79 Å². The first-order valence-corrected chi connectivity index (χ1v) is 8.99. The Kier molecular flexibility index (Phi) is 4.72. The summed E-state index contributed by atoms with van der Waals surface area (Å²) in [5, 5.41) is 6.11. The molecule has 0 spiro atoms. The lowest BCUT2D eigenvalue weighted by Crippen LogP contribution is -2.11. The molecule has 4 rings (SSSR count). The highest BCUT2D eigenvalue weighted by Crippen LogP contribution is 2.27. The summed E-state index contributed by atoms with van der Waals surface area (Å²) in [6.07, 6.45) is 2.11. The summed E-state index contributed by atoms with van der Waals surface area (Å²) >= 11 is 0. The number of aromatic nitrogens is 3. The van der Waals surface area contributed by atoms with Crippen LogP contribution in [0, 0.1) is 6.92 Å². The lowest BCUT2D eigenvalue weighted by Gasteiger charge is -2.11. The van der Waals surface area contributed by atoms with Gasteiger partial charge in [0.15, 0.2) is 11.2 Å². The lowest BCUT2D eigenvalue weighted by atomic mass is 10.2. The first kappa shape index (κ1) is 17.7. The molecule has 0 unspecified atom stereocenters. The van der Waals surface area contributed by atoms with Gasteiger partial charge >= 0.3 is 0 Å². The van der Waals surface area contributed by atoms with Gasteiger partial charge in [0, 0.05) is 23.9 Å². The number of pyridine rings is 2. The molecule has 140 valence electrons. The van der Waals surface area contributed by atoms with E-state index < -0.39 is 0 Å². The maximum atomic E-state index is 11.5. The van der Waals surface area contributed by atoms with Crippen molar-refractivity contribution < 1.29 is 9.21 Å². The third-order valence-electron chi connectivity index (χ3n) is 4.23. The Morgan fingerprint density at radius 1 is 1.11 bits per heavy atom. The van der Waals surface area contributed by atoms with Gasteiger partial charge < -0.3 is 15.1 Å². The monoisotopic (exact) mass is 373 g/mol. The Labute approximate surface area is 161 Å². The number of nitrogens with zero attached hydrogens (tertiary/aromatic N) is 3. The van der Waals surface area contributed by atoms with Gasteiger partial charge in [-0.25, -0.2) is 9.97 Å². The van der Waals surface area contributed by atoms with Crippen LogP contribution in [0.2, 0.25) is 0 Å². The average molecular weight is 373 g/mol. The van der Waals surface area contributed by atoms with E-state index in [-0.39, 0.29) is 5.91 Å². The molecule has 0 aliphatic heterocycles. The van der Waals surface area contributed by atoms with Crippen LogP contribution in [0.25, 0.3) is 22.7 Å². The summed E-state index contributed by atoms with van der Waals surface area (Å²) in [5.74, 6) is 1.00. The summed E-state index contributed by atoms with van der Waals surface area (Å²) in [4.78, 5) is 24.6. The average Bonchev–Trinajstić information content (AvgIpc) is 3.14. The number of oxazole rings is 1. The smallest absolute Gasteiger partial charge is 0.228 e. The fourth-order valence-electron chi connectivity index (χ4n) is 2.77. The number of aryl methyl sites for hydroxylation is 1. The first-order chi connectivity index (χ1) is 13.6. The maximum Gasteiger partial charge on any atom is 0.228 e. The fourth-order valence-corrected chi connectivity index (χ4v) is 2.77. The topological polar surface area (TPSA) is 92.9 Å². The summed E-state index contributed by atoms with van der Waals surface area (Å²) in [6, 6.07) is 15.1. The van der Waals surface area contributed by atoms with E-state index in [1.165, 1.54) is 0 Å². The zero-order valence-corrected chi connectivity index (χ0v) is 15.6. The van der Waals surface area contributed by atoms with Crippen molar-refractivity contribution in [1.29, 1.82) is 0 Å². The SMILES string of the molecule is CCC(=O)Nc1ccc(Nc2cccc(-c3nc4ncccc4o3)c2)c(C)n1. The van der Waals surface area contributed by atoms with E-state index >= 15 is 0 Å². The quantitative estimate of drug-likeness (QED) is 0.527. The minimum atomic E-state index is -0.0619. The third-order valence-corrected chi connectivity index (χ3v) is 4.23. The van der Waals surface area contributed by atoms with E-state index in [9.17, 15) is 4.79 Å². The van der Waals surface area contributed by atoms with E-state index in [0.29, 0.717) is 29.4 Å². The zero-order valence-electron chi connectivity index (χ0n) is 15.6. The molecule has 4 aromatic rings. The van der Waals surface area contributed by atoms with Crippen LogP contribution in [0.4, 0.5) is 17.2 Å². The minimum Gasteiger partial charge on any atom is -0.434 e. The highest BCUT2D eigenvalue weighted by atomic mass is 16.3. The van der Waals surface area contributed by atoms with Crippen molar-refractivity contribution in [2.75, 3.05) is 10.6 Å². The first-order valence-electron chi connectivity index (χ1n) is 8.99. The molecular formula is C21H19N5O2. The fraction of sp³-hybridized carbons (Fsp3) is 0.143. The number of rotatable bonds is 5. The Hall–Kier alpha value is -3.74. The molecule has 1 amide bonds. The number of hydrogen-bond acceptors (Lipinski definition) is 6. The number of anilines is 3. The van der Waals surface area contributed by atoms with E-state index in [4.69, 9.17) is 4.42 Å². The summed E-state index contributed by atoms with van der Waals surface area (Å²) in [7, 11) is 0. The Bertz CT molecular complexity index is 1120.